The van der Waals surface area contributed by atoms with Crippen molar-refractivity contribution in [2.45, 2.75) is 33.6 Å². The van der Waals surface area contributed by atoms with Gasteiger partial charge in [-0.15, -0.1) is 0 Å². The van der Waals surface area contributed by atoms with Gasteiger partial charge in [-0.2, -0.15) is 0 Å². The second kappa shape index (κ2) is 10.3. The van der Waals surface area contributed by atoms with Crippen molar-refractivity contribution in [2.75, 3.05) is 32.7 Å². The van der Waals surface area contributed by atoms with E-state index in [1.165, 1.54) is 0 Å². The fourth-order valence-electron chi connectivity index (χ4n) is 1.65. The molecule has 0 aliphatic heterocycles. The number of nitrogens with zero attached hydrogens (tertiary/aromatic N) is 1. The maximum absolute atomic E-state index is 10.7. The summed E-state index contributed by atoms with van der Waals surface area (Å²) in [6.07, 6.45) is 3.44. The highest BCUT2D eigenvalue weighted by atomic mass is 16.4. The van der Waals surface area contributed by atoms with Crippen LogP contribution in [0.4, 0.5) is 0 Å². The molecule has 0 heterocycles. The Morgan fingerprint density at radius 1 is 1.29 bits per heavy atom. The van der Waals surface area contributed by atoms with Crippen LogP contribution in [-0.4, -0.2) is 48.7 Å². The van der Waals surface area contributed by atoms with E-state index in [4.69, 9.17) is 5.11 Å². The molecule has 0 radical (unpaired) electrons. The molecule has 17 heavy (non-hydrogen) atoms. The van der Waals surface area contributed by atoms with Crippen LogP contribution in [0.5, 0.6) is 0 Å². The van der Waals surface area contributed by atoms with E-state index >= 15 is 0 Å². The molecule has 0 aliphatic rings. The zero-order chi connectivity index (χ0) is 13.1. The highest BCUT2D eigenvalue weighted by molar-refractivity contribution is 5.86. The molecule has 0 amide bonds. The normalized spacial score (nSPS) is 12.1. The number of aliphatic carboxylic acids is 1. The summed E-state index contributed by atoms with van der Waals surface area (Å²) in [7, 11) is 0. The summed E-state index contributed by atoms with van der Waals surface area (Å²) in [5.41, 5.74) is 0.487. The molecule has 100 valence electrons. The quantitative estimate of drug-likeness (QED) is 0.452. The van der Waals surface area contributed by atoms with Crippen LogP contribution in [-0.2, 0) is 4.79 Å². The van der Waals surface area contributed by atoms with Gasteiger partial charge in [0.25, 0.3) is 0 Å². The Morgan fingerprint density at radius 2 is 1.94 bits per heavy atom. The third-order valence-corrected chi connectivity index (χ3v) is 2.87. The van der Waals surface area contributed by atoms with Crippen molar-refractivity contribution in [3.63, 3.8) is 0 Å². The molecule has 0 spiro atoms. The van der Waals surface area contributed by atoms with Crippen LogP contribution >= 0.6 is 0 Å². The number of nitrogens with one attached hydrogen (secondary N) is 1. The summed E-state index contributed by atoms with van der Waals surface area (Å²) in [5.74, 6) is -0.808. The van der Waals surface area contributed by atoms with Crippen LogP contribution in [0.25, 0.3) is 0 Å². The first-order valence-electron chi connectivity index (χ1n) is 6.51. The molecule has 0 saturated heterocycles. The summed E-state index contributed by atoms with van der Waals surface area (Å²) in [5, 5.41) is 12.1. The number of hydrogen-bond donors (Lipinski definition) is 2. The van der Waals surface area contributed by atoms with Gasteiger partial charge >= 0.3 is 5.97 Å². The van der Waals surface area contributed by atoms with Crippen molar-refractivity contribution >= 4 is 5.97 Å². The first kappa shape index (κ1) is 16.1. The van der Waals surface area contributed by atoms with Gasteiger partial charge in [0.1, 0.15) is 0 Å². The Hall–Kier alpha value is -0.870. The number of hydrogen-bond acceptors (Lipinski definition) is 3. The third kappa shape index (κ3) is 7.94. The lowest BCUT2D eigenvalue weighted by atomic mass is 10.2. The van der Waals surface area contributed by atoms with Crippen LogP contribution in [0.15, 0.2) is 11.6 Å². The van der Waals surface area contributed by atoms with Gasteiger partial charge < -0.3 is 15.3 Å². The molecular weight excluding hydrogens is 216 g/mol. The van der Waals surface area contributed by atoms with Gasteiger partial charge in [-0.05, 0) is 39.0 Å². The number of carbonyl (C=O) groups is 1. The Morgan fingerprint density at radius 3 is 2.41 bits per heavy atom. The van der Waals surface area contributed by atoms with E-state index in [0.29, 0.717) is 18.5 Å². The molecule has 4 heteroatoms. The molecule has 4 nitrogen and oxygen atoms in total. The molecule has 0 fully saturated rings. The maximum atomic E-state index is 10.7. The average molecular weight is 242 g/mol. The zero-order valence-electron chi connectivity index (χ0n) is 11.3. The molecule has 0 saturated carbocycles. The van der Waals surface area contributed by atoms with Crippen molar-refractivity contribution in [3.8, 4) is 0 Å². The van der Waals surface area contributed by atoms with Crippen molar-refractivity contribution < 1.29 is 9.90 Å². The van der Waals surface area contributed by atoms with Gasteiger partial charge in [0.15, 0.2) is 0 Å². The first-order chi connectivity index (χ1) is 8.15. The van der Waals surface area contributed by atoms with E-state index in [-0.39, 0.29) is 0 Å². The molecule has 0 unspecified atom stereocenters. The molecule has 0 aromatic carbocycles. The molecule has 0 aromatic rings. The Bertz CT molecular complexity index is 236. The van der Waals surface area contributed by atoms with E-state index in [0.717, 1.165) is 32.6 Å². The van der Waals surface area contributed by atoms with Crippen molar-refractivity contribution in [2.24, 2.45) is 0 Å². The SMILES string of the molecule is CC/C(=C/CNCCCN(CC)CC)C(=O)O. The second-order valence-corrected chi connectivity index (χ2v) is 3.97. The minimum absolute atomic E-state index is 0.487. The van der Waals surface area contributed by atoms with Gasteiger partial charge in [-0.3, -0.25) is 0 Å². The van der Waals surface area contributed by atoms with Gasteiger partial charge in [-0.25, -0.2) is 4.79 Å². The largest absolute Gasteiger partial charge is 0.478 e. The zero-order valence-corrected chi connectivity index (χ0v) is 11.3. The molecule has 0 aromatic heterocycles. The van der Waals surface area contributed by atoms with E-state index in [2.05, 4.69) is 24.1 Å². The topological polar surface area (TPSA) is 52.6 Å². The predicted molar refractivity (Wildman–Crippen MR) is 71.3 cm³/mol. The Labute approximate surface area is 105 Å². The maximum Gasteiger partial charge on any atom is 0.331 e. The van der Waals surface area contributed by atoms with E-state index in [1.807, 2.05) is 6.92 Å². The van der Waals surface area contributed by atoms with E-state index < -0.39 is 5.97 Å². The highest BCUT2D eigenvalue weighted by Gasteiger charge is 2.02. The summed E-state index contributed by atoms with van der Waals surface area (Å²) in [4.78, 5) is 13.1. The van der Waals surface area contributed by atoms with E-state index in [9.17, 15) is 4.79 Å². The van der Waals surface area contributed by atoms with Crippen molar-refractivity contribution in [3.05, 3.63) is 11.6 Å². The summed E-state index contributed by atoms with van der Waals surface area (Å²) < 4.78 is 0. The lowest BCUT2D eigenvalue weighted by Crippen LogP contribution is -2.27. The third-order valence-electron chi connectivity index (χ3n) is 2.87. The standard InChI is InChI=1S/C13H26N2O2/c1-4-12(13(16)17)8-10-14-9-7-11-15(5-2)6-3/h8,14H,4-7,9-11H2,1-3H3,(H,16,17)/b12-8-. The smallest absolute Gasteiger partial charge is 0.331 e. The lowest BCUT2D eigenvalue weighted by Gasteiger charge is -2.17. The van der Waals surface area contributed by atoms with Crippen LogP contribution in [0.3, 0.4) is 0 Å². The summed E-state index contributed by atoms with van der Waals surface area (Å²) in [6, 6.07) is 0. The van der Waals surface area contributed by atoms with Crippen LogP contribution < -0.4 is 5.32 Å². The fraction of sp³-hybridized carbons (Fsp3) is 0.769. The van der Waals surface area contributed by atoms with Crippen molar-refractivity contribution in [1.82, 2.24) is 10.2 Å². The van der Waals surface area contributed by atoms with Gasteiger partial charge in [0.05, 0.1) is 0 Å². The predicted octanol–water partition coefficient (Wildman–Crippen LogP) is 1.73. The molecule has 0 bridgehead atoms. The average Bonchev–Trinajstić information content (AvgIpc) is 2.32. The summed E-state index contributed by atoms with van der Waals surface area (Å²) in [6.45, 7) is 11.1. The first-order valence-corrected chi connectivity index (χ1v) is 6.51. The molecule has 2 N–H and O–H groups in total. The van der Waals surface area contributed by atoms with Gasteiger partial charge in [0, 0.05) is 12.1 Å². The van der Waals surface area contributed by atoms with Crippen LogP contribution in [0.2, 0.25) is 0 Å². The lowest BCUT2D eigenvalue weighted by molar-refractivity contribution is -0.132. The van der Waals surface area contributed by atoms with Crippen LogP contribution in [0, 0.1) is 0 Å². The monoisotopic (exact) mass is 242 g/mol. The fourth-order valence-corrected chi connectivity index (χ4v) is 1.65. The molecule has 0 rings (SSSR count). The van der Waals surface area contributed by atoms with E-state index in [1.54, 1.807) is 6.08 Å². The summed E-state index contributed by atoms with van der Waals surface area (Å²) >= 11 is 0. The van der Waals surface area contributed by atoms with Gasteiger partial charge in [-0.1, -0.05) is 26.8 Å². The molecule has 0 aliphatic carbocycles. The molecule has 0 atom stereocenters. The number of carboxylic acid groups (broad SMARTS) is 1. The number of rotatable bonds is 10. The minimum Gasteiger partial charge on any atom is -0.478 e. The Kier molecular flexibility index (Phi) is 9.77. The van der Waals surface area contributed by atoms with Crippen LogP contribution in [0.1, 0.15) is 33.6 Å². The number of carboxylic acids is 1. The Balaban J connectivity index is 3.61. The second-order valence-electron chi connectivity index (χ2n) is 3.97. The minimum atomic E-state index is -0.808. The van der Waals surface area contributed by atoms with Gasteiger partial charge in [0.2, 0.25) is 0 Å². The van der Waals surface area contributed by atoms with Crippen molar-refractivity contribution in [1.29, 1.82) is 0 Å². The molecular formula is C13H26N2O2. The highest BCUT2D eigenvalue weighted by Crippen LogP contribution is 1.98.